The molecule has 0 aliphatic rings. The molecule has 0 saturated carbocycles. The highest BCUT2D eigenvalue weighted by Crippen LogP contribution is 2.20. The van der Waals surface area contributed by atoms with E-state index in [9.17, 15) is 13.2 Å². The molecule has 2 aromatic rings. The first kappa shape index (κ1) is 18.2. The van der Waals surface area contributed by atoms with Crippen molar-refractivity contribution in [3.8, 4) is 11.8 Å². The van der Waals surface area contributed by atoms with E-state index in [2.05, 4.69) is 0 Å². The van der Waals surface area contributed by atoms with Crippen molar-refractivity contribution in [1.29, 1.82) is 5.26 Å². The lowest BCUT2D eigenvalue weighted by Crippen LogP contribution is -2.10. The first-order valence-electron chi connectivity index (χ1n) is 7.35. The van der Waals surface area contributed by atoms with Gasteiger partial charge in [-0.2, -0.15) is 13.7 Å². The van der Waals surface area contributed by atoms with E-state index in [1.165, 1.54) is 36.4 Å². The van der Waals surface area contributed by atoms with E-state index < -0.39 is 16.1 Å². The highest BCUT2D eigenvalue weighted by molar-refractivity contribution is 7.87. The van der Waals surface area contributed by atoms with Gasteiger partial charge in [-0.3, -0.25) is 0 Å². The maximum absolute atomic E-state index is 12.3. The van der Waals surface area contributed by atoms with Gasteiger partial charge in [0.25, 0.3) is 0 Å². The summed E-state index contributed by atoms with van der Waals surface area (Å²) in [6.07, 6.45) is 1.26. The molecule has 128 valence electrons. The molecule has 0 unspecified atom stereocenters. The average Bonchev–Trinajstić information content (AvgIpc) is 2.60. The smallest absolute Gasteiger partial charge is 0.348 e. The van der Waals surface area contributed by atoms with Crippen LogP contribution in [0.25, 0.3) is 6.08 Å². The van der Waals surface area contributed by atoms with E-state index in [1.54, 1.807) is 37.3 Å². The number of esters is 1. The number of nitriles is 1. The number of hydrogen-bond acceptors (Lipinski definition) is 6. The highest BCUT2D eigenvalue weighted by atomic mass is 32.2. The van der Waals surface area contributed by atoms with Gasteiger partial charge in [-0.1, -0.05) is 30.3 Å². The predicted molar refractivity (Wildman–Crippen MR) is 90.9 cm³/mol. The zero-order chi connectivity index (χ0) is 18.3. The Kier molecular flexibility index (Phi) is 5.93. The fraction of sp³-hybridized carbons (Fsp3) is 0.111. The van der Waals surface area contributed by atoms with E-state index in [0.717, 1.165) is 0 Å². The molecule has 0 fully saturated rings. The maximum atomic E-state index is 12.3. The van der Waals surface area contributed by atoms with Crippen molar-refractivity contribution in [2.24, 2.45) is 0 Å². The molecule has 0 N–H and O–H groups in total. The Bertz CT molecular complexity index is 927. The van der Waals surface area contributed by atoms with Gasteiger partial charge in [0.2, 0.25) is 0 Å². The summed E-state index contributed by atoms with van der Waals surface area (Å²) in [5.74, 6) is -0.577. The number of ether oxygens (including phenoxy) is 1. The number of hydrogen-bond donors (Lipinski definition) is 0. The fourth-order valence-electron chi connectivity index (χ4n) is 1.92. The summed E-state index contributed by atoms with van der Waals surface area (Å²) in [5, 5.41) is 9.05. The zero-order valence-corrected chi connectivity index (χ0v) is 14.2. The quantitative estimate of drug-likeness (QED) is 0.341. The molecule has 0 aromatic heterocycles. The molecule has 0 atom stereocenters. The van der Waals surface area contributed by atoms with Gasteiger partial charge in [-0.15, -0.1) is 0 Å². The van der Waals surface area contributed by atoms with Gasteiger partial charge in [0.1, 0.15) is 22.3 Å². The lowest BCUT2D eigenvalue weighted by Gasteiger charge is -2.07. The predicted octanol–water partition coefficient (Wildman–Crippen LogP) is 2.92. The highest BCUT2D eigenvalue weighted by Gasteiger charge is 2.17. The summed E-state index contributed by atoms with van der Waals surface area (Å²) >= 11 is 0. The minimum Gasteiger partial charge on any atom is -0.462 e. The Morgan fingerprint density at radius 2 is 1.88 bits per heavy atom. The summed E-state index contributed by atoms with van der Waals surface area (Å²) < 4.78 is 34.5. The molecule has 0 aliphatic heterocycles. The van der Waals surface area contributed by atoms with Gasteiger partial charge in [-0.05, 0) is 42.8 Å². The number of carbonyl (C=O) groups excluding carboxylic acids is 1. The van der Waals surface area contributed by atoms with Gasteiger partial charge < -0.3 is 8.92 Å². The van der Waals surface area contributed by atoms with Crippen LogP contribution in [0, 0.1) is 11.3 Å². The Morgan fingerprint density at radius 3 is 2.52 bits per heavy atom. The minimum atomic E-state index is -4.04. The Labute approximate surface area is 146 Å². The lowest BCUT2D eigenvalue weighted by atomic mass is 10.1. The first-order valence-corrected chi connectivity index (χ1v) is 8.75. The third-order valence-electron chi connectivity index (χ3n) is 3.02. The van der Waals surface area contributed by atoms with E-state index >= 15 is 0 Å². The maximum Gasteiger partial charge on any atom is 0.348 e. The number of para-hydroxylation sites is 1. The van der Waals surface area contributed by atoms with Crippen LogP contribution in [0.3, 0.4) is 0 Å². The summed E-state index contributed by atoms with van der Waals surface area (Å²) in [5.41, 5.74) is 0.141. The minimum absolute atomic E-state index is 0.0914. The summed E-state index contributed by atoms with van der Waals surface area (Å²) in [4.78, 5) is 11.6. The molecule has 7 heteroatoms. The number of rotatable bonds is 6. The van der Waals surface area contributed by atoms with Gasteiger partial charge in [-0.25, -0.2) is 4.79 Å². The number of nitrogens with zero attached hydrogens (tertiary/aromatic N) is 1. The molecule has 25 heavy (non-hydrogen) atoms. The van der Waals surface area contributed by atoms with E-state index in [-0.39, 0.29) is 22.8 Å². The monoisotopic (exact) mass is 357 g/mol. The van der Waals surface area contributed by atoms with Crippen LogP contribution < -0.4 is 4.18 Å². The second kappa shape index (κ2) is 8.13. The van der Waals surface area contributed by atoms with Gasteiger partial charge in [0.05, 0.1) is 6.61 Å². The Balaban J connectivity index is 2.32. The molecule has 0 spiro atoms. The van der Waals surface area contributed by atoms with E-state index in [4.69, 9.17) is 14.2 Å². The molecule has 2 rings (SSSR count). The summed E-state index contributed by atoms with van der Waals surface area (Å²) in [6, 6.07) is 15.6. The van der Waals surface area contributed by atoms with Crippen molar-refractivity contribution in [2.45, 2.75) is 11.8 Å². The van der Waals surface area contributed by atoms with Crippen molar-refractivity contribution in [1.82, 2.24) is 0 Å². The van der Waals surface area contributed by atoms with E-state index in [0.29, 0.717) is 5.56 Å². The second-order valence-electron chi connectivity index (χ2n) is 4.81. The lowest BCUT2D eigenvalue weighted by molar-refractivity contribution is -0.137. The fourth-order valence-corrected chi connectivity index (χ4v) is 2.91. The van der Waals surface area contributed by atoms with Crippen LogP contribution in [0.15, 0.2) is 65.1 Å². The standard InChI is InChI=1S/C18H15NO5S/c1-2-23-18(20)15(13-19)11-14-7-6-10-17(12-14)25(21,22)24-16-8-4-3-5-9-16/h3-12H,2H2,1H3. The molecule has 0 amide bonds. The molecule has 0 saturated heterocycles. The van der Waals surface area contributed by atoms with Crippen molar-refractivity contribution >= 4 is 22.2 Å². The largest absolute Gasteiger partial charge is 0.462 e. The van der Waals surface area contributed by atoms with Crippen molar-refractivity contribution in [3.05, 3.63) is 65.7 Å². The molecule has 0 radical (unpaired) electrons. The van der Waals surface area contributed by atoms with Gasteiger partial charge in [0.15, 0.2) is 0 Å². The van der Waals surface area contributed by atoms with Gasteiger partial charge >= 0.3 is 16.1 Å². The van der Waals surface area contributed by atoms with Crippen LogP contribution in [-0.2, 0) is 19.6 Å². The number of carbonyl (C=O) groups is 1. The zero-order valence-electron chi connectivity index (χ0n) is 13.4. The average molecular weight is 357 g/mol. The second-order valence-corrected chi connectivity index (χ2v) is 6.36. The van der Waals surface area contributed by atoms with E-state index in [1.807, 2.05) is 0 Å². The third-order valence-corrected chi connectivity index (χ3v) is 4.27. The molecule has 0 heterocycles. The summed E-state index contributed by atoms with van der Waals surface area (Å²) in [6.45, 7) is 1.76. The topological polar surface area (TPSA) is 93.5 Å². The van der Waals surface area contributed by atoms with Crippen molar-refractivity contribution in [3.63, 3.8) is 0 Å². The summed E-state index contributed by atoms with van der Waals surface area (Å²) in [7, 11) is -4.04. The van der Waals surface area contributed by atoms with Crippen LogP contribution in [0.5, 0.6) is 5.75 Å². The molecular formula is C18H15NO5S. The SMILES string of the molecule is CCOC(=O)C(C#N)=Cc1cccc(S(=O)(=O)Oc2ccccc2)c1. The van der Waals surface area contributed by atoms with Crippen LogP contribution in [0.4, 0.5) is 0 Å². The van der Waals surface area contributed by atoms with Crippen LogP contribution in [-0.4, -0.2) is 21.0 Å². The molecular weight excluding hydrogens is 342 g/mol. The first-order chi connectivity index (χ1) is 12.0. The van der Waals surface area contributed by atoms with Crippen molar-refractivity contribution < 1.29 is 22.1 Å². The normalized spacial score (nSPS) is 11.4. The molecule has 0 bridgehead atoms. The van der Waals surface area contributed by atoms with Crippen LogP contribution in [0.1, 0.15) is 12.5 Å². The molecule has 6 nitrogen and oxygen atoms in total. The van der Waals surface area contributed by atoms with Crippen LogP contribution in [0.2, 0.25) is 0 Å². The van der Waals surface area contributed by atoms with Crippen molar-refractivity contribution in [2.75, 3.05) is 6.61 Å². The third kappa shape index (κ3) is 4.93. The van der Waals surface area contributed by atoms with Gasteiger partial charge in [0, 0.05) is 0 Å². The molecule has 2 aromatic carbocycles. The number of benzene rings is 2. The Hall–Kier alpha value is -3.11. The molecule has 0 aliphatic carbocycles. The Morgan fingerprint density at radius 1 is 1.16 bits per heavy atom. The van der Waals surface area contributed by atoms with Crippen LogP contribution >= 0.6 is 0 Å².